The van der Waals surface area contributed by atoms with E-state index in [2.05, 4.69) is 34.6 Å². The number of ether oxygens (including phenoxy) is 1. The molecule has 0 saturated heterocycles. The molecule has 2 heterocycles. The number of amidine groups is 1. The van der Waals surface area contributed by atoms with Gasteiger partial charge in [0.25, 0.3) is 11.8 Å². The maximum atomic E-state index is 5.32. The Morgan fingerprint density at radius 1 is 0.900 bits per heavy atom. The highest BCUT2D eigenvalue weighted by molar-refractivity contribution is 6.38. The molecule has 2 aliphatic rings. The van der Waals surface area contributed by atoms with Crippen LogP contribution >= 0.6 is 0 Å². The molecule has 1 atom stereocenters. The lowest BCUT2D eigenvalue weighted by molar-refractivity contribution is 0.415. The first-order valence-electron chi connectivity index (χ1n) is 9.64. The summed E-state index contributed by atoms with van der Waals surface area (Å²) in [4.78, 5) is 9.02. The molecule has 146 valence electrons. The van der Waals surface area contributed by atoms with E-state index in [-0.39, 0.29) is 4.59 Å². The summed E-state index contributed by atoms with van der Waals surface area (Å²) in [5.74, 6) is 2.01. The van der Waals surface area contributed by atoms with Crippen LogP contribution in [0.5, 0.6) is 5.75 Å². The van der Waals surface area contributed by atoms with Gasteiger partial charge in [-0.2, -0.15) is 4.99 Å². The number of anilines is 1. The molecule has 0 radical (unpaired) electrons. The number of hydrogen-bond donors (Lipinski definition) is 1. The first-order valence-corrected chi connectivity index (χ1v) is 9.64. The fourth-order valence-electron chi connectivity index (χ4n) is 3.65. The summed E-state index contributed by atoms with van der Waals surface area (Å²) >= 11 is 0. The third-order valence-electron chi connectivity index (χ3n) is 5.06. The Morgan fingerprint density at radius 2 is 1.73 bits per heavy atom. The monoisotopic (exact) mass is 394 g/mol. The van der Waals surface area contributed by atoms with Crippen LogP contribution in [0.1, 0.15) is 0 Å². The SMILES string of the molecule is COc1cccc(NC2=N[N+]3(c4ccccc4-c4ccccc4)C=CN=CC3=N2)c1. The summed E-state index contributed by atoms with van der Waals surface area (Å²) in [5.41, 5.74) is 4.08. The minimum atomic E-state index is 0.126. The van der Waals surface area contributed by atoms with E-state index in [1.165, 1.54) is 0 Å². The van der Waals surface area contributed by atoms with Crippen molar-refractivity contribution in [1.82, 2.24) is 4.59 Å². The van der Waals surface area contributed by atoms with Crippen molar-refractivity contribution < 1.29 is 4.74 Å². The predicted molar refractivity (Wildman–Crippen MR) is 123 cm³/mol. The van der Waals surface area contributed by atoms with Crippen molar-refractivity contribution in [3.8, 4) is 16.9 Å². The molecule has 6 nitrogen and oxygen atoms in total. The van der Waals surface area contributed by atoms with Gasteiger partial charge in [-0.15, -0.1) is 0 Å². The Morgan fingerprint density at radius 3 is 2.60 bits per heavy atom. The molecule has 0 aliphatic carbocycles. The van der Waals surface area contributed by atoms with Crippen molar-refractivity contribution in [1.29, 1.82) is 0 Å². The van der Waals surface area contributed by atoms with Gasteiger partial charge < -0.3 is 10.1 Å². The highest BCUT2D eigenvalue weighted by atomic mass is 16.5. The fraction of sp³-hybridized carbons (Fsp3) is 0.0417. The topological polar surface area (TPSA) is 58.3 Å². The summed E-state index contributed by atoms with van der Waals surface area (Å²) in [5, 5.41) is 8.27. The summed E-state index contributed by atoms with van der Waals surface area (Å²) in [6, 6.07) is 26.2. The van der Waals surface area contributed by atoms with E-state index in [0.717, 1.165) is 34.1 Å². The van der Waals surface area contributed by atoms with Crippen LogP contribution in [0, 0.1) is 0 Å². The van der Waals surface area contributed by atoms with Crippen LogP contribution in [0.3, 0.4) is 0 Å². The van der Waals surface area contributed by atoms with Crippen molar-refractivity contribution >= 4 is 29.4 Å². The zero-order chi connectivity index (χ0) is 20.4. The van der Waals surface area contributed by atoms with E-state index in [9.17, 15) is 0 Å². The van der Waals surface area contributed by atoms with Gasteiger partial charge in [0, 0.05) is 23.4 Å². The number of nitrogens with one attached hydrogen (secondary N) is 1. The minimum absolute atomic E-state index is 0.126. The Labute approximate surface area is 174 Å². The van der Waals surface area contributed by atoms with E-state index in [1.807, 2.05) is 60.8 Å². The summed E-state index contributed by atoms with van der Waals surface area (Å²) in [6.07, 6.45) is 5.46. The van der Waals surface area contributed by atoms with Crippen LogP contribution in [0.25, 0.3) is 11.1 Å². The van der Waals surface area contributed by atoms with E-state index >= 15 is 0 Å². The van der Waals surface area contributed by atoms with Gasteiger partial charge in [-0.25, -0.2) is 0 Å². The number of benzene rings is 3. The third-order valence-corrected chi connectivity index (χ3v) is 5.06. The summed E-state index contributed by atoms with van der Waals surface area (Å²) in [6.45, 7) is 0. The van der Waals surface area contributed by atoms with Gasteiger partial charge >= 0.3 is 0 Å². The normalized spacial score (nSPS) is 19.1. The van der Waals surface area contributed by atoms with Crippen LogP contribution in [0.4, 0.5) is 11.4 Å². The summed E-state index contributed by atoms with van der Waals surface area (Å²) < 4.78 is 5.44. The largest absolute Gasteiger partial charge is 0.497 e. The number of nitrogens with zero attached hydrogens (tertiary/aromatic N) is 4. The zero-order valence-corrected chi connectivity index (χ0v) is 16.4. The molecular weight excluding hydrogens is 374 g/mol. The van der Waals surface area contributed by atoms with Gasteiger partial charge in [0.05, 0.1) is 13.3 Å². The Kier molecular flexibility index (Phi) is 4.46. The number of methoxy groups -OCH3 is 1. The van der Waals surface area contributed by atoms with Crippen molar-refractivity contribution in [3.05, 3.63) is 91.3 Å². The average molecular weight is 394 g/mol. The van der Waals surface area contributed by atoms with Crippen molar-refractivity contribution in [2.75, 3.05) is 12.4 Å². The second-order valence-corrected chi connectivity index (χ2v) is 6.90. The maximum Gasteiger partial charge on any atom is 0.287 e. The van der Waals surface area contributed by atoms with E-state index in [4.69, 9.17) is 14.8 Å². The number of quaternary nitrogens is 1. The van der Waals surface area contributed by atoms with Gasteiger partial charge in [-0.3, -0.25) is 4.99 Å². The van der Waals surface area contributed by atoms with Gasteiger partial charge in [-0.05, 0) is 28.9 Å². The average Bonchev–Trinajstić information content (AvgIpc) is 3.18. The minimum Gasteiger partial charge on any atom is -0.497 e. The van der Waals surface area contributed by atoms with Crippen LogP contribution in [-0.4, -0.2) is 25.1 Å². The zero-order valence-electron chi connectivity index (χ0n) is 16.4. The van der Waals surface area contributed by atoms with Crippen LogP contribution < -0.4 is 14.6 Å². The number of hydrogen-bond acceptors (Lipinski definition) is 5. The Bertz CT molecular complexity index is 1210. The molecule has 0 saturated carbocycles. The molecule has 0 fully saturated rings. The van der Waals surface area contributed by atoms with Gasteiger partial charge in [-0.1, -0.05) is 53.1 Å². The Hall–Kier alpha value is -4.03. The van der Waals surface area contributed by atoms with E-state index in [0.29, 0.717) is 5.96 Å². The molecule has 1 unspecified atom stereocenters. The molecule has 3 aromatic carbocycles. The number of aliphatic imine (C=N–C) groups is 2. The molecule has 0 amide bonds. The lowest BCUT2D eigenvalue weighted by Gasteiger charge is -2.26. The van der Waals surface area contributed by atoms with Gasteiger partial charge in [0.2, 0.25) is 0 Å². The summed E-state index contributed by atoms with van der Waals surface area (Å²) in [7, 11) is 1.65. The second kappa shape index (κ2) is 7.42. The quantitative estimate of drug-likeness (QED) is 0.632. The third kappa shape index (κ3) is 3.09. The number of fused-ring (bicyclic) bond motifs is 1. The number of para-hydroxylation sites is 1. The Balaban J connectivity index is 1.60. The molecule has 6 heteroatoms. The predicted octanol–water partition coefficient (Wildman–Crippen LogP) is 5.02. The smallest absolute Gasteiger partial charge is 0.287 e. The second-order valence-electron chi connectivity index (χ2n) is 6.90. The molecule has 1 N–H and O–H groups in total. The lowest BCUT2D eigenvalue weighted by atomic mass is 10.0. The van der Waals surface area contributed by atoms with Crippen LogP contribution in [0.15, 0.2) is 106 Å². The molecule has 30 heavy (non-hydrogen) atoms. The fourth-order valence-corrected chi connectivity index (χ4v) is 3.65. The highest BCUT2D eigenvalue weighted by Gasteiger charge is 2.44. The molecule has 0 spiro atoms. The molecule has 0 aromatic heterocycles. The first kappa shape index (κ1) is 18.0. The maximum absolute atomic E-state index is 5.32. The van der Waals surface area contributed by atoms with Crippen LogP contribution in [-0.2, 0) is 0 Å². The van der Waals surface area contributed by atoms with Crippen LogP contribution in [0.2, 0.25) is 0 Å². The standard InChI is InChI=1S/C24H20N5O/c1-30-20-11-7-10-19(16-20)26-24-27-23-17-25-14-15-29(23,28-24)22-13-6-5-12-21(22)18-8-3-2-4-9-18/h2-17H,1H3,(H,26,28)/q+1. The molecular formula is C24H20N5O+. The van der Waals surface area contributed by atoms with E-state index in [1.54, 1.807) is 19.5 Å². The number of guanidine groups is 1. The van der Waals surface area contributed by atoms with Crippen molar-refractivity contribution in [2.45, 2.75) is 0 Å². The van der Waals surface area contributed by atoms with Crippen molar-refractivity contribution in [2.24, 2.45) is 15.1 Å². The molecule has 0 bridgehead atoms. The van der Waals surface area contributed by atoms with Gasteiger partial charge in [0.15, 0.2) is 11.9 Å². The van der Waals surface area contributed by atoms with E-state index < -0.39 is 0 Å². The molecule has 3 aromatic rings. The first-order chi connectivity index (χ1) is 14.8. The van der Waals surface area contributed by atoms with Gasteiger partial charge in [0.1, 0.15) is 12.0 Å². The molecule has 5 rings (SSSR count). The highest BCUT2D eigenvalue weighted by Crippen LogP contribution is 2.39. The van der Waals surface area contributed by atoms with Crippen molar-refractivity contribution in [3.63, 3.8) is 0 Å². The lowest BCUT2D eigenvalue weighted by Crippen LogP contribution is -2.44. The molecule has 2 aliphatic heterocycles. The number of rotatable bonds is 4.